The standard InChI is InChI=1S/C31H37NO3/c1-20-12-14-24(15-13-20)27-21(2)25-18-32(17-16-23-10-8-7-9-11-23)19-26(25)22(3)28(27)29(30(33)34)35-31(4,5)6/h7-15,29H,16-19H2,1-6H3,(H,33,34). The van der Waals surface area contributed by atoms with E-state index in [-0.39, 0.29) is 0 Å². The summed E-state index contributed by atoms with van der Waals surface area (Å²) in [5.74, 6) is -0.949. The lowest BCUT2D eigenvalue weighted by Gasteiger charge is -2.30. The largest absolute Gasteiger partial charge is 0.479 e. The maximum Gasteiger partial charge on any atom is 0.337 e. The van der Waals surface area contributed by atoms with Gasteiger partial charge >= 0.3 is 5.97 Å². The average Bonchev–Trinajstić information content (AvgIpc) is 3.24. The van der Waals surface area contributed by atoms with Crippen LogP contribution in [0.4, 0.5) is 0 Å². The molecule has 3 aromatic carbocycles. The average molecular weight is 472 g/mol. The number of benzene rings is 3. The van der Waals surface area contributed by atoms with Crippen molar-refractivity contribution in [2.24, 2.45) is 0 Å². The highest BCUT2D eigenvalue weighted by atomic mass is 16.5. The molecule has 35 heavy (non-hydrogen) atoms. The second-order valence-electron chi connectivity index (χ2n) is 10.8. The molecular formula is C31H37NO3. The number of ether oxygens (including phenoxy) is 1. The van der Waals surface area contributed by atoms with Crippen LogP contribution in [0.25, 0.3) is 11.1 Å². The third kappa shape index (κ3) is 5.50. The van der Waals surface area contributed by atoms with Crippen LogP contribution in [-0.4, -0.2) is 28.1 Å². The Kier molecular flexibility index (Phi) is 7.16. The first-order chi connectivity index (χ1) is 16.5. The summed E-state index contributed by atoms with van der Waals surface area (Å²) in [5.41, 5.74) is 9.55. The molecule has 0 aliphatic carbocycles. The summed E-state index contributed by atoms with van der Waals surface area (Å²) in [4.78, 5) is 15.0. The van der Waals surface area contributed by atoms with Crippen molar-refractivity contribution in [1.29, 1.82) is 0 Å². The SMILES string of the molecule is Cc1ccc(-c2c(C)c3c(c(C)c2C(OC(C)(C)C)C(=O)O)CN(CCc2ccccc2)C3)cc1. The number of nitrogens with zero attached hydrogens (tertiary/aromatic N) is 1. The minimum Gasteiger partial charge on any atom is -0.479 e. The Morgan fingerprint density at radius 2 is 1.54 bits per heavy atom. The number of hydrogen-bond acceptors (Lipinski definition) is 3. The molecule has 3 aromatic rings. The van der Waals surface area contributed by atoms with Crippen LogP contribution < -0.4 is 0 Å². The number of carbonyl (C=O) groups is 1. The van der Waals surface area contributed by atoms with Crippen molar-refractivity contribution in [1.82, 2.24) is 4.90 Å². The van der Waals surface area contributed by atoms with Gasteiger partial charge in [0.05, 0.1) is 5.60 Å². The lowest BCUT2D eigenvalue weighted by molar-refractivity contribution is -0.160. The first kappa shape index (κ1) is 25.2. The van der Waals surface area contributed by atoms with Crippen molar-refractivity contribution in [2.45, 2.75) is 72.8 Å². The zero-order valence-electron chi connectivity index (χ0n) is 21.8. The normalized spacial score (nSPS) is 14.7. The predicted octanol–water partition coefficient (Wildman–Crippen LogP) is 6.78. The van der Waals surface area contributed by atoms with Crippen LogP contribution in [0.3, 0.4) is 0 Å². The molecule has 4 nitrogen and oxygen atoms in total. The van der Waals surface area contributed by atoms with Gasteiger partial charge in [0.1, 0.15) is 0 Å². The number of rotatable bonds is 7. The van der Waals surface area contributed by atoms with E-state index in [0.717, 1.165) is 53.9 Å². The van der Waals surface area contributed by atoms with Gasteiger partial charge in [-0.3, -0.25) is 4.90 Å². The van der Waals surface area contributed by atoms with Crippen molar-refractivity contribution >= 4 is 5.97 Å². The Morgan fingerprint density at radius 1 is 0.943 bits per heavy atom. The number of carboxylic acids is 1. The predicted molar refractivity (Wildman–Crippen MR) is 142 cm³/mol. The summed E-state index contributed by atoms with van der Waals surface area (Å²) in [7, 11) is 0. The topological polar surface area (TPSA) is 49.8 Å². The first-order valence-corrected chi connectivity index (χ1v) is 12.4. The van der Waals surface area contributed by atoms with Gasteiger partial charge < -0.3 is 9.84 Å². The van der Waals surface area contributed by atoms with Crippen LogP contribution in [0, 0.1) is 20.8 Å². The van der Waals surface area contributed by atoms with Gasteiger partial charge in [0.15, 0.2) is 6.10 Å². The van der Waals surface area contributed by atoms with Crippen molar-refractivity contribution in [3.05, 3.63) is 93.5 Å². The molecule has 0 amide bonds. The fourth-order valence-electron chi connectivity index (χ4n) is 5.18. The highest BCUT2D eigenvalue weighted by molar-refractivity contribution is 5.84. The summed E-state index contributed by atoms with van der Waals surface area (Å²) >= 11 is 0. The summed E-state index contributed by atoms with van der Waals surface area (Å²) in [6, 6.07) is 19.0. The molecule has 0 spiro atoms. The number of carboxylic acid groups (broad SMARTS) is 1. The zero-order chi connectivity index (χ0) is 25.3. The quantitative estimate of drug-likeness (QED) is 0.413. The third-order valence-electron chi connectivity index (χ3n) is 6.94. The molecule has 184 valence electrons. The zero-order valence-corrected chi connectivity index (χ0v) is 21.8. The number of fused-ring (bicyclic) bond motifs is 1. The lowest BCUT2D eigenvalue weighted by atomic mass is 9.83. The molecule has 1 aliphatic rings. The molecule has 0 radical (unpaired) electrons. The van der Waals surface area contributed by atoms with Gasteiger partial charge in [-0.05, 0) is 86.9 Å². The minimum atomic E-state index is -1.03. The van der Waals surface area contributed by atoms with Gasteiger partial charge in [-0.15, -0.1) is 0 Å². The molecule has 0 fully saturated rings. The Bertz CT molecular complexity index is 1210. The number of aliphatic carboxylic acids is 1. The highest BCUT2D eigenvalue weighted by Gasteiger charge is 2.35. The Hall–Kier alpha value is -2.95. The van der Waals surface area contributed by atoms with Crippen LogP contribution >= 0.6 is 0 Å². The van der Waals surface area contributed by atoms with E-state index in [1.807, 2.05) is 20.8 Å². The van der Waals surface area contributed by atoms with E-state index in [9.17, 15) is 9.90 Å². The molecule has 1 atom stereocenters. The number of aryl methyl sites for hydroxylation is 1. The molecule has 0 aromatic heterocycles. The minimum absolute atomic E-state index is 0.589. The summed E-state index contributed by atoms with van der Waals surface area (Å²) in [6.45, 7) is 14.7. The Morgan fingerprint density at radius 3 is 2.11 bits per heavy atom. The summed E-state index contributed by atoms with van der Waals surface area (Å²) in [6.07, 6.45) is -0.0381. The van der Waals surface area contributed by atoms with Gasteiger partial charge in [-0.2, -0.15) is 0 Å². The molecule has 1 unspecified atom stereocenters. The Balaban J connectivity index is 1.80. The van der Waals surface area contributed by atoms with Crippen molar-refractivity contribution < 1.29 is 14.6 Å². The van der Waals surface area contributed by atoms with E-state index in [0.29, 0.717) is 0 Å². The second kappa shape index (κ2) is 9.96. The molecule has 0 saturated carbocycles. The Labute approximate surface area is 209 Å². The molecule has 1 N–H and O–H groups in total. The lowest BCUT2D eigenvalue weighted by Crippen LogP contribution is -2.28. The van der Waals surface area contributed by atoms with Gasteiger partial charge in [0.25, 0.3) is 0 Å². The fraction of sp³-hybridized carbons (Fsp3) is 0.387. The van der Waals surface area contributed by atoms with Gasteiger partial charge in [-0.1, -0.05) is 60.2 Å². The van der Waals surface area contributed by atoms with E-state index >= 15 is 0 Å². The third-order valence-corrected chi connectivity index (χ3v) is 6.94. The van der Waals surface area contributed by atoms with Crippen LogP contribution in [0.5, 0.6) is 0 Å². The van der Waals surface area contributed by atoms with Crippen LogP contribution in [0.1, 0.15) is 65.8 Å². The van der Waals surface area contributed by atoms with E-state index < -0.39 is 17.7 Å². The molecule has 0 bridgehead atoms. The van der Waals surface area contributed by atoms with Crippen LogP contribution in [-0.2, 0) is 29.0 Å². The van der Waals surface area contributed by atoms with Gasteiger partial charge in [0.2, 0.25) is 0 Å². The molecular weight excluding hydrogens is 434 g/mol. The van der Waals surface area contributed by atoms with Gasteiger partial charge in [0, 0.05) is 25.2 Å². The van der Waals surface area contributed by atoms with Crippen LogP contribution in [0.15, 0.2) is 54.6 Å². The van der Waals surface area contributed by atoms with E-state index in [4.69, 9.17) is 4.74 Å². The molecule has 1 heterocycles. The first-order valence-electron chi connectivity index (χ1n) is 12.4. The van der Waals surface area contributed by atoms with Crippen molar-refractivity contribution in [3.8, 4) is 11.1 Å². The second-order valence-corrected chi connectivity index (χ2v) is 10.8. The van der Waals surface area contributed by atoms with Crippen molar-refractivity contribution in [3.63, 3.8) is 0 Å². The number of hydrogen-bond donors (Lipinski definition) is 1. The van der Waals surface area contributed by atoms with Crippen LogP contribution in [0.2, 0.25) is 0 Å². The summed E-state index contributed by atoms with van der Waals surface area (Å²) < 4.78 is 6.19. The van der Waals surface area contributed by atoms with E-state index in [2.05, 4.69) is 80.3 Å². The van der Waals surface area contributed by atoms with Gasteiger partial charge in [-0.25, -0.2) is 4.79 Å². The summed E-state index contributed by atoms with van der Waals surface area (Å²) in [5, 5.41) is 10.3. The maximum absolute atomic E-state index is 12.6. The molecule has 4 heteroatoms. The van der Waals surface area contributed by atoms with E-state index in [1.54, 1.807) is 0 Å². The highest BCUT2D eigenvalue weighted by Crippen LogP contribution is 2.43. The maximum atomic E-state index is 12.6. The fourth-order valence-corrected chi connectivity index (χ4v) is 5.18. The molecule has 0 saturated heterocycles. The smallest absolute Gasteiger partial charge is 0.337 e. The monoisotopic (exact) mass is 471 g/mol. The molecule has 1 aliphatic heterocycles. The van der Waals surface area contributed by atoms with E-state index in [1.165, 1.54) is 22.3 Å². The molecule has 4 rings (SSSR count). The van der Waals surface area contributed by atoms with Crippen molar-refractivity contribution in [2.75, 3.05) is 6.54 Å².